The monoisotopic (exact) mass is 259 g/mol. The predicted molar refractivity (Wildman–Crippen MR) is 62.6 cm³/mol. The third kappa shape index (κ3) is 2.36. The van der Waals surface area contributed by atoms with Gasteiger partial charge in [0.25, 0.3) is 0 Å². The van der Waals surface area contributed by atoms with Crippen LogP contribution in [0.15, 0.2) is 4.47 Å². The maximum absolute atomic E-state index is 4.50. The van der Waals surface area contributed by atoms with Crippen molar-refractivity contribution in [3.05, 3.63) is 15.9 Å². The molecule has 0 aliphatic carbocycles. The highest BCUT2D eigenvalue weighted by atomic mass is 79.9. The number of nitrogens with zero attached hydrogens (tertiary/aromatic N) is 2. The summed E-state index contributed by atoms with van der Waals surface area (Å²) < 4.78 is 3.14. The second-order valence-corrected chi connectivity index (χ2v) is 4.57. The lowest BCUT2D eigenvalue weighted by atomic mass is 10.1. The van der Waals surface area contributed by atoms with E-state index in [1.54, 1.807) is 0 Å². The number of hydrogen-bond donors (Lipinski definition) is 1. The Morgan fingerprint density at radius 1 is 1.50 bits per heavy atom. The molecular weight excluding hydrogens is 242 g/mol. The summed E-state index contributed by atoms with van der Waals surface area (Å²) in [5.41, 5.74) is 2.42. The lowest BCUT2D eigenvalue weighted by Gasteiger charge is -2.02. The fourth-order valence-electron chi connectivity index (χ4n) is 1.44. The van der Waals surface area contributed by atoms with Gasteiger partial charge in [-0.1, -0.05) is 13.8 Å². The summed E-state index contributed by atoms with van der Waals surface area (Å²) in [5.74, 6) is 0.471. The molecule has 1 N–H and O–H groups in total. The molecule has 1 rings (SSSR count). The van der Waals surface area contributed by atoms with Gasteiger partial charge in [0, 0.05) is 20.0 Å². The first-order valence-corrected chi connectivity index (χ1v) is 5.73. The Morgan fingerprint density at radius 2 is 2.14 bits per heavy atom. The predicted octanol–water partition coefficient (Wildman–Crippen LogP) is 2.07. The molecule has 80 valence electrons. The van der Waals surface area contributed by atoms with E-state index in [4.69, 9.17) is 0 Å². The average Bonchev–Trinajstić information content (AvgIpc) is 2.40. The van der Waals surface area contributed by atoms with Crippen LogP contribution in [0.2, 0.25) is 0 Å². The third-order valence-corrected chi connectivity index (χ3v) is 3.15. The first-order valence-electron chi connectivity index (χ1n) is 4.93. The van der Waals surface area contributed by atoms with E-state index >= 15 is 0 Å². The van der Waals surface area contributed by atoms with E-state index in [2.05, 4.69) is 40.2 Å². The molecule has 0 aromatic carbocycles. The van der Waals surface area contributed by atoms with E-state index < -0.39 is 0 Å². The molecule has 0 unspecified atom stereocenters. The number of halogens is 1. The summed E-state index contributed by atoms with van der Waals surface area (Å²) in [5, 5.41) is 7.65. The molecular formula is C10H18BrN3. The van der Waals surface area contributed by atoms with E-state index in [1.165, 1.54) is 10.2 Å². The number of likely N-dealkylation sites (N-methyl/N-ethyl adjacent to an activating group) is 1. The number of aryl methyl sites for hydroxylation is 1. The van der Waals surface area contributed by atoms with Crippen molar-refractivity contribution < 1.29 is 0 Å². The Kier molecular flexibility index (Phi) is 4.13. The van der Waals surface area contributed by atoms with Crippen molar-refractivity contribution in [3.8, 4) is 0 Å². The molecule has 1 aromatic rings. The molecule has 0 saturated carbocycles. The molecule has 0 spiro atoms. The van der Waals surface area contributed by atoms with Crippen LogP contribution in [0.4, 0.5) is 0 Å². The van der Waals surface area contributed by atoms with Crippen LogP contribution < -0.4 is 5.32 Å². The van der Waals surface area contributed by atoms with E-state index in [0.717, 1.165) is 18.7 Å². The SMILES string of the molecule is CNCCc1c(Br)c(C(C)C)nn1C. The minimum atomic E-state index is 0.471. The molecule has 0 fully saturated rings. The highest BCUT2D eigenvalue weighted by Crippen LogP contribution is 2.26. The molecule has 4 heteroatoms. The lowest BCUT2D eigenvalue weighted by molar-refractivity contribution is 0.663. The van der Waals surface area contributed by atoms with Crippen LogP contribution in [-0.2, 0) is 13.5 Å². The molecule has 1 aromatic heterocycles. The summed E-state index contributed by atoms with van der Waals surface area (Å²) in [6.45, 7) is 5.31. The van der Waals surface area contributed by atoms with Crippen molar-refractivity contribution in [1.29, 1.82) is 0 Å². The van der Waals surface area contributed by atoms with Gasteiger partial charge in [-0.3, -0.25) is 4.68 Å². The molecule has 0 aliphatic rings. The van der Waals surface area contributed by atoms with E-state index in [0.29, 0.717) is 5.92 Å². The summed E-state index contributed by atoms with van der Waals surface area (Å²) in [7, 11) is 3.97. The fourth-order valence-corrected chi connectivity index (χ4v) is 2.43. The van der Waals surface area contributed by atoms with Gasteiger partial charge in [0.1, 0.15) is 0 Å². The summed E-state index contributed by atoms with van der Waals surface area (Å²) in [6, 6.07) is 0. The van der Waals surface area contributed by atoms with Crippen molar-refractivity contribution in [2.24, 2.45) is 7.05 Å². The van der Waals surface area contributed by atoms with Crippen LogP contribution in [0.1, 0.15) is 31.2 Å². The maximum atomic E-state index is 4.50. The van der Waals surface area contributed by atoms with Crippen LogP contribution >= 0.6 is 15.9 Å². The fraction of sp³-hybridized carbons (Fsp3) is 0.700. The zero-order valence-corrected chi connectivity index (χ0v) is 10.8. The third-order valence-electron chi connectivity index (χ3n) is 2.29. The number of rotatable bonds is 4. The van der Waals surface area contributed by atoms with Crippen LogP contribution in [0.3, 0.4) is 0 Å². The van der Waals surface area contributed by atoms with E-state index in [1.807, 2.05) is 18.8 Å². The molecule has 0 atom stereocenters. The molecule has 0 radical (unpaired) electrons. The average molecular weight is 260 g/mol. The zero-order valence-electron chi connectivity index (χ0n) is 9.26. The summed E-state index contributed by atoms with van der Waals surface area (Å²) in [4.78, 5) is 0. The Labute approximate surface area is 94.0 Å². The first kappa shape index (κ1) is 11.7. The highest BCUT2D eigenvalue weighted by Gasteiger charge is 2.15. The molecule has 0 amide bonds. The zero-order chi connectivity index (χ0) is 10.7. The van der Waals surface area contributed by atoms with Crippen LogP contribution in [0.25, 0.3) is 0 Å². The van der Waals surface area contributed by atoms with Crippen molar-refractivity contribution in [3.63, 3.8) is 0 Å². The molecule has 0 aliphatic heterocycles. The van der Waals surface area contributed by atoms with Gasteiger partial charge in [-0.2, -0.15) is 5.10 Å². The van der Waals surface area contributed by atoms with Gasteiger partial charge >= 0.3 is 0 Å². The molecule has 3 nitrogen and oxygen atoms in total. The molecule has 0 saturated heterocycles. The van der Waals surface area contributed by atoms with E-state index in [9.17, 15) is 0 Å². The summed E-state index contributed by atoms with van der Waals surface area (Å²) >= 11 is 3.62. The van der Waals surface area contributed by atoms with Crippen LogP contribution in [0, 0.1) is 0 Å². The van der Waals surface area contributed by atoms with Gasteiger partial charge in [0.15, 0.2) is 0 Å². The maximum Gasteiger partial charge on any atom is 0.0794 e. The Balaban J connectivity index is 2.93. The second-order valence-electron chi connectivity index (χ2n) is 3.78. The minimum Gasteiger partial charge on any atom is -0.319 e. The van der Waals surface area contributed by atoms with Gasteiger partial charge < -0.3 is 5.32 Å². The highest BCUT2D eigenvalue weighted by molar-refractivity contribution is 9.10. The van der Waals surface area contributed by atoms with Crippen LogP contribution in [-0.4, -0.2) is 23.4 Å². The Bertz CT molecular complexity index is 305. The minimum absolute atomic E-state index is 0.471. The van der Waals surface area contributed by atoms with Crippen molar-refractivity contribution >= 4 is 15.9 Å². The van der Waals surface area contributed by atoms with Gasteiger partial charge in [0.2, 0.25) is 0 Å². The largest absolute Gasteiger partial charge is 0.319 e. The van der Waals surface area contributed by atoms with Crippen molar-refractivity contribution in [2.45, 2.75) is 26.2 Å². The Morgan fingerprint density at radius 3 is 2.57 bits per heavy atom. The molecule has 1 heterocycles. The van der Waals surface area contributed by atoms with E-state index in [-0.39, 0.29) is 0 Å². The smallest absolute Gasteiger partial charge is 0.0794 e. The van der Waals surface area contributed by atoms with Crippen LogP contribution in [0.5, 0.6) is 0 Å². The first-order chi connectivity index (χ1) is 6.57. The van der Waals surface area contributed by atoms with Gasteiger partial charge in [0.05, 0.1) is 15.9 Å². The molecule has 0 bridgehead atoms. The van der Waals surface area contributed by atoms with Gasteiger partial charge in [-0.15, -0.1) is 0 Å². The normalized spacial score (nSPS) is 11.3. The number of hydrogen-bond acceptors (Lipinski definition) is 2. The Hall–Kier alpha value is -0.350. The standard InChI is InChI=1S/C10H18BrN3/c1-7(2)10-9(11)8(5-6-12-3)14(4)13-10/h7,12H,5-6H2,1-4H3. The number of nitrogens with one attached hydrogen (secondary N) is 1. The summed E-state index contributed by atoms with van der Waals surface area (Å²) in [6.07, 6.45) is 1.01. The quantitative estimate of drug-likeness (QED) is 0.898. The lowest BCUT2D eigenvalue weighted by Crippen LogP contribution is -2.12. The second kappa shape index (κ2) is 4.94. The topological polar surface area (TPSA) is 29.9 Å². The number of aromatic nitrogens is 2. The van der Waals surface area contributed by atoms with Gasteiger partial charge in [-0.25, -0.2) is 0 Å². The van der Waals surface area contributed by atoms with Gasteiger partial charge in [-0.05, 0) is 28.9 Å². The molecule has 14 heavy (non-hydrogen) atoms. The van der Waals surface area contributed by atoms with Crippen molar-refractivity contribution in [1.82, 2.24) is 15.1 Å². The van der Waals surface area contributed by atoms with Crippen molar-refractivity contribution in [2.75, 3.05) is 13.6 Å².